The summed E-state index contributed by atoms with van der Waals surface area (Å²) in [4.78, 5) is 26.3. The highest BCUT2D eigenvalue weighted by atomic mass is 16.5. The Balaban J connectivity index is 1.99. The quantitative estimate of drug-likeness (QED) is 0.321. The minimum Gasteiger partial charge on any atom is -0.507 e. The molecule has 0 heterocycles. The fourth-order valence-electron chi connectivity index (χ4n) is 4.40. The van der Waals surface area contributed by atoms with Crippen LogP contribution >= 0.6 is 0 Å². The lowest BCUT2D eigenvalue weighted by atomic mass is 9.71. The lowest BCUT2D eigenvalue weighted by Gasteiger charge is -2.40. The molecule has 0 radical (unpaired) electrons. The third kappa shape index (κ3) is 2.56. The Labute approximate surface area is 170 Å². The van der Waals surface area contributed by atoms with Crippen molar-refractivity contribution in [1.82, 2.24) is 0 Å². The second-order valence-corrected chi connectivity index (χ2v) is 7.58. The fraction of sp³-hybridized carbons (Fsp3) is 0.333. The van der Waals surface area contributed by atoms with Crippen LogP contribution in [-0.4, -0.2) is 67.6 Å². The van der Waals surface area contributed by atoms with Gasteiger partial charge < -0.3 is 35.4 Å². The zero-order valence-corrected chi connectivity index (χ0v) is 15.9. The molecule has 0 saturated heterocycles. The summed E-state index contributed by atoms with van der Waals surface area (Å²) in [7, 11) is 1.32. The van der Waals surface area contributed by atoms with Crippen molar-refractivity contribution < 1.29 is 45.0 Å². The van der Waals surface area contributed by atoms with E-state index < -0.39 is 71.4 Å². The van der Waals surface area contributed by atoms with Gasteiger partial charge in [0.25, 0.3) is 0 Å². The molecule has 0 aliphatic heterocycles. The maximum absolute atomic E-state index is 13.2. The maximum atomic E-state index is 13.2. The normalized spacial score (nSPS) is 23.4. The summed E-state index contributed by atoms with van der Waals surface area (Å²) >= 11 is 0. The van der Waals surface area contributed by atoms with Gasteiger partial charge in [-0.05, 0) is 6.07 Å². The van der Waals surface area contributed by atoms with Crippen LogP contribution in [0.4, 0.5) is 0 Å². The standard InChI is InChI=1S/C21H20O9/c1-30-11-4-2-3-8-14(11)20(28)16-15(17(8)25)18(26)9-5-21(29,12(24)7-22)6-10(23)13(9)19(16)27/h2-4,10,12,22-24,26-27,29H,5-7H2,1H3/t10-,12?,21-/m0/s1. The van der Waals surface area contributed by atoms with Crippen molar-refractivity contribution in [3.63, 3.8) is 0 Å². The van der Waals surface area contributed by atoms with Crippen molar-refractivity contribution in [2.75, 3.05) is 13.7 Å². The molecule has 2 aromatic rings. The zero-order valence-electron chi connectivity index (χ0n) is 15.9. The Hall–Kier alpha value is -2.98. The van der Waals surface area contributed by atoms with Gasteiger partial charge in [0.2, 0.25) is 5.78 Å². The number of ether oxygens (including phenoxy) is 1. The van der Waals surface area contributed by atoms with E-state index in [9.17, 15) is 40.2 Å². The molecule has 0 saturated carbocycles. The van der Waals surface area contributed by atoms with E-state index in [1.165, 1.54) is 25.3 Å². The molecule has 0 spiro atoms. The number of ketones is 2. The van der Waals surface area contributed by atoms with E-state index in [2.05, 4.69) is 0 Å². The average molecular weight is 416 g/mol. The zero-order chi connectivity index (χ0) is 22.0. The molecule has 2 aliphatic carbocycles. The second kappa shape index (κ2) is 6.78. The third-order valence-corrected chi connectivity index (χ3v) is 5.92. The largest absolute Gasteiger partial charge is 0.507 e. The van der Waals surface area contributed by atoms with Gasteiger partial charge in [0.15, 0.2) is 5.78 Å². The van der Waals surface area contributed by atoms with E-state index >= 15 is 0 Å². The molecule has 6 N–H and O–H groups in total. The Morgan fingerprint density at radius 1 is 1.13 bits per heavy atom. The minimum absolute atomic E-state index is 0.0245. The molecule has 9 nitrogen and oxygen atoms in total. The molecule has 4 rings (SSSR count). The van der Waals surface area contributed by atoms with E-state index in [-0.39, 0.29) is 28.0 Å². The summed E-state index contributed by atoms with van der Waals surface area (Å²) in [6, 6.07) is 4.37. The lowest BCUT2D eigenvalue weighted by Crippen LogP contribution is -2.50. The summed E-state index contributed by atoms with van der Waals surface area (Å²) in [5.41, 5.74) is -3.39. The molecule has 0 fully saturated rings. The SMILES string of the molecule is COc1cccc2c1C(=O)c1c(O)c3c(c(O)c1C2=O)C[C@@](O)(C(O)CO)C[C@@H]3O. The van der Waals surface area contributed by atoms with Crippen LogP contribution in [0.2, 0.25) is 0 Å². The van der Waals surface area contributed by atoms with Crippen molar-refractivity contribution in [2.24, 2.45) is 0 Å². The van der Waals surface area contributed by atoms with E-state index in [0.29, 0.717) is 0 Å². The van der Waals surface area contributed by atoms with Crippen molar-refractivity contribution in [3.8, 4) is 17.2 Å². The molecule has 2 aromatic carbocycles. The Morgan fingerprint density at radius 3 is 2.43 bits per heavy atom. The van der Waals surface area contributed by atoms with E-state index in [4.69, 9.17) is 4.74 Å². The highest BCUT2D eigenvalue weighted by Gasteiger charge is 2.48. The number of aliphatic hydroxyl groups excluding tert-OH is 3. The van der Waals surface area contributed by atoms with E-state index in [0.717, 1.165) is 0 Å². The highest BCUT2D eigenvalue weighted by Crippen LogP contribution is 2.51. The van der Waals surface area contributed by atoms with Crippen LogP contribution in [0.3, 0.4) is 0 Å². The van der Waals surface area contributed by atoms with Gasteiger partial charge in [-0.1, -0.05) is 12.1 Å². The first kappa shape index (κ1) is 20.3. The Bertz CT molecular complexity index is 1090. The maximum Gasteiger partial charge on any atom is 0.202 e. The lowest BCUT2D eigenvalue weighted by molar-refractivity contribution is -0.122. The number of benzene rings is 2. The number of methoxy groups -OCH3 is 1. The Morgan fingerprint density at radius 2 is 1.80 bits per heavy atom. The van der Waals surface area contributed by atoms with Gasteiger partial charge in [0.05, 0.1) is 42.1 Å². The van der Waals surface area contributed by atoms with Gasteiger partial charge in [-0.15, -0.1) is 0 Å². The summed E-state index contributed by atoms with van der Waals surface area (Å²) in [5.74, 6) is -2.72. The molecular weight excluding hydrogens is 396 g/mol. The van der Waals surface area contributed by atoms with Crippen LogP contribution in [0.25, 0.3) is 0 Å². The van der Waals surface area contributed by atoms with Crippen LogP contribution in [0.15, 0.2) is 18.2 Å². The van der Waals surface area contributed by atoms with Crippen molar-refractivity contribution >= 4 is 11.6 Å². The van der Waals surface area contributed by atoms with Crippen LogP contribution in [0, 0.1) is 0 Å². The number of hydrogen-bond donors (Lipinski definition) is 6. The number of phenols is 2. The Kier molecular flexibility index (Phi) is 4.59. The first-order chi connectivity index (χ1) is 14.2. The van der Waals surface area contributed by atoms with E-state index in [1.807, 2.05) is 0 Å². The predicted octanol–water partition coefficient (Wildman–Crippen LogP) is -0.0543. The number of carbonyl (C=O) groups excluding carboxylic acids is 2. The molecule has 0 bridgehead atoms. The number of aromatic hydroxyl groups is 2. The number of aliphatic hydroxyl groups is 4. The van der Waals surface area contributed by atoms with Crippen LogP contribution < -0.4 is 4.74 Å². The predicted molar refractivity (Wildman–Crippen MR) is 101 cm³/mol. The molecule has 0 aromatic heterocycles. The van der Waals surface area contributed by atoms with Crippen LogP contribution in [0.5, 0.6) is 17.2 Å². The second-order valence-electron chi connectivity index (χ2n) is 7.58. The summed E-state index contributed by atoms with van der Waals surface area (Å²) in [5, 5.41) is 62.1. The van der Waals surface area contributed by atoms with Gasteiger partial charge in [-0.2, -0.15) is 0 Å². The van der Waals surface area contributed by atoms with Crippen molar-refractivity contribution in [3.05, 3.63) is 51.6 Å². The smallest absolute Gasteiger partial charge is 0.202 e. The van der Waals surface area contributed by atoms with Crippen LogP contribution in [0.1, 0.15) is 55.5 Å². The molecule has 3 atom stereocenters. The first-order valence-electron chi connectivity index (χ1n) is 9.22. The molecular formula is C21H20O9. The molecule has 1 unspecified atom stereocenters. The van der Waals surface area contributed by atoms with Gasteiger partial charge in [-0.3, -0.25) is 9.59 Å². The summed E-state index contributed by atoms with van der Waals surface area (Å²) < 4.78 is 5.17. The summed E-state index contributed by atoms with van der Waals surface area (Å²) in [6.45, 7) is -0.805. The fourth-order valence-corrected chi connectivity index (χ4v) is 4.40. The van der Waals surface area contributed by atoms with Gasteiger partial charge in [0, 0.05) is 29.5 Å². The van der Waals surface area contributed by atoms with Gasteiger partial charge in [-0.25, -0.2) is 0 Å². The number of phenolic OH excluding ortho intramolecular Hbond substituents is 2. The monoisotopic (exact) mass is 416 g/mol. The minimum atomic E-state index is -2.01. The van der Waals surface area contributed by atoms with Crippen molar-refractivity contribution in [1.29, 1.82) is 0 Å². The van der Waals surface area contributed by atoms with Crippen LogP contribution in [-0.2, 0) is 6.42 Å². The number of rotatable bonds is 3. The summed E-state index contributed by atoms with van der Waals surface area (Å²) in [6.07, 6.45) is -4.13. The topological polar surface area (TPSA) is 165 Å². The number of carbonyl (C=O) groups is 2. The first-order valence-corrected chi connectivity index (χ1v) is 9.22. The molecule has 158 valence electrons. The van der Waals surface area contributed by atoms with E-state index in [1.54, 1.807) is 0 Å². The average Bonchev–Trinajstić information content (AvgIpc) is 2.72. The molecule has 0 amide bonds. The molecule has 30 heavy (non-hydrogen) atoms. The van der Waals surface area contributed by atoms with Gasteiger partial charge in [0.1, 0.15) is 23.4 Å². The number of hydrogen-bond acceptors (Lipinski definition) is 9. The molecule has 9 heteroatoms. The van der Waals surface area contributed by atoms with Gasteiger partial charge >= 0.3 is 0 Å². The molecule has 2 aliphatic rings. The highest BCUT2D eigenvalue weighted by molar-refractivity contribution is 6.31. The third-order valence-electron chi connectivity index (χ3n) is 5.92. The van der Waals surface area contributed by atoms with Crippen molar-refractivity contribution in [2.45, 2.75) is 30.7 Å². The number of fused-ring (bicyclic) bond motifs is 3.